The number of ketones is 2. The molecule has 1 aromatic carbocycles. The van der Waals surface area contributed by atoms with Gasteiger partial charge in [0.25, 0.3) is 0 Å². The lowest BCUT2D eigenvalue weighted by molar-refractivity contribution is -0.136. The van der Waals surface area contributed by atoms with Crippen molar-refractivity contribution in [2.45, 2.75) is 25.3 Å². The van der Waals surface area contributed by atoms with Crippen LogP contribution in [-0.4, -0.2) is 11.6 Å². The topological polar surface area (TPSA) is 60.2 Å². The summed E-state index contributed by atoms with van der Waals surface area (Å²) in [4.78, 5) is 23.4. The summed E-state index contributed by atoms with van der Waals surface area (Å²) in [6, 6.07) is 8.86. The number of rotatable bonds is 2. The molecule has 0 heterocycles. The maximum Gasteiger partial charge on any atom is 0.145 e. The van der Waals surface area contributed by atoms with Crippen molar-refractivity contribution in [3.63, 3.8) is 0 Å². The molecule has 1 atom stereocenters. The average Bonchev–Trinajstić information content (AvgIpc) is 2.30. The second-order valence-corrected chi connectivity index (χ2v) is 4.20. The molecule has 2 N–H and O–H groups in total. The van der Waals surface area contributed by atoms with Gasteiger partial charge < -0.3 is 5.73 Å². The molecule has 2 rings (SSSR count). The van der Waals surface area contributed by atoms with Crippen molar-refractivity contribution in [2.75, 3.05) is 0 Å². The van der Waals surface area contributed by atoms with Crippen LogP contribution in [0.1, 0.15) is 30.9 Å². The molecule has 1 fully saturated rings. The summed E-state index contributed by atoms with van der Waals surface area (Å²) >= 11 is 0. The van der Waals surface area contributed by atoms with Crippen LogP contribution in [0.15, 0.2) is 30.3 Å². The van der Waals surface area contributed by atoms with E-state index in [2.05, 4.69) is 0 Å². The average molecular weight is 217 g/mol. The van der Waals surface area contributed by atoms with Crippen LogP contribution in [-0.2, 0) is 9.59 Å². The second kappa shape index (κ2) is 4.58. The summed E-state index contributed by atoms with van der Waals surface area (Å²) in [6.45, 7) is 0. The molecular weight excluding hydrogens is 202 g/mol. The molecule has 3 nitrogen and oxygen atoms in total. The van der Waals surface area contributed by atoms with E-state index in [-0.39, 0.29) is 11.6 Å². The van der Waals surface area contributed by atoms with Crippen molar-refractivity contribution in [3.05, 3.63) is 35.9 Å². The third-order valence-corrected chi connectivity index (χ3v) is 3.08. The molecule has 1 unspecified atom stereocenters. The fourth-order valence-electron chi connectivity index (χ4n) is 2.20. The van der Waals surface area contributed by atoms with Crippen molar-refractivity contribution in [1.29, 1.82) is 0 Å². The van der Waals surface area contributed by atoms with E-state index in [1.54, 1.807) is 0 Å². The number of hydrogen-bond acceptors (Lipinski definition) is 3. The van der Waals surface area contributed by atoms with Gasteiger partial charge in [0.15, 0.2) is 0 Å². The molecule has 0 aliphatic heterocycles. The van der Waals surface area contributed by atoms with Gasteiger partial charge in [-0.25, -0.2) is 0 Å². The van der Waals surface area contributed by atoms with Gasteiger partial charge >= 0.3 is 0 Å². The summed E-state index contributed by atoms with van der Waals surface area (Å²) in [5, 5.41) is 0. The summed E-state index contributed by atoms with van der Waals surface area (Å²) in [6.07, 6.45) is 1.64. The maximum absolute atomic E-state index is 11.7. The van der Waals surface area contributed by atoms with Gasteiger partial charge in [-0.15, -0.1) is 0 Å². The van der Waals surface area contributed by atoms with Gasteiger partial charge in [0.1, 0.15) is 11.6 Å². The first-order valence-electron chi connectivity index (χ1n) is 5.56. The normalized spacial score (nSPS) is 19.8. The third-order valence-electron chi connectivity index (χ3n) is 3.08. The Morgan fingerprint density at radius 3 is 2.19 bits per heavy atom. The molecule has 16 heavy (non-hydrogen) atoms. The number of carbonyl (C=O) groups is 2. The molecule has 0 bridgehead atoms. The molecule has 1 aromatic rings. The van der Waals surface area contributed by atoms with E-state index in [9.17, 15) is 9.59 Å². The third kappa shape index (κ3) is 2.04. The van der Waals surface area contributed by atoms with Crippen LogP contribution >= 0.6 is 0 Å². The summed E-state index contributed by atoms with van der Waals surface area (Å²) < 4.78 is 0. The van der Waals surface area contributed by atoms with E-state index in [1.165, 1.54) is 0 Å². The number of benzene rings is 1. The first kappa shape index (κ1) is 11.0. The van der Waals surface area contributed by atoms with Crippen molar-refractivity contribution >= 4 is 11.6 Å². The van der Waals surface area contributed by atoms with Gasteiger partial charge in [-0.2, -0.15) is 0 Å². The van der Waals surface area contributed by atoms with Gasteiger partial charge in [0.05, 0.1) is 5.92 Å². The minimum absolute atomic E-state index is 0.00685. The van der Waals surface area contributed by atoms with Crippen molar-refractivity contribution in [3.8, 4) is 0 Å². The van der Waals surface area contributed by atoms with E-state index in [0.717, 1.165) is 5.56 Å². The van der Waals surface area contributed by atoms with Crippen LogP contribution in [0.2, 0.25) is 0 Å². The Labute approximate surface area is 94.6 Å². The first-order chi connectivity index (χ1) is 7.70. The zero-order valence-corrected chi connectivity index (χ0v) is 9.06. The van der Waals surface area contributed by atoms with E-state index in [0.29, 0.717) is 19.3 Å². The lowest BCUT2D eigenvalue weighted by Crippen LogP contribution is -2.37. The molecule has 0 saturated heterocycles. The predicted molar refractivity (Wildman–Crippen MR) is 60.7 cm³/mol. The fraction of sp³-hybridized carbons (Fsp3) is 0.385. The molecule has 0 spiro atoms. The van der Waals surface area contributed by atoms with E-state index >= 15 is 0 Å². The van der Waals surface area contributed by atoms with Crippen molar-refractivity contribution in [2.24, 2.45) is 11.7 Å². The summed E-state index contributed by atoms with van der Waals surface area (Å²) in [7, 11) is 0. The van der Waals surface area contributed by atoms with Gasteiger partial charge in [0, 0.05) is 18.9 Å². The van der Waals surface area contributed by atoms with Crippen LogP contribution < -0.4 is 5.73 Å². The SMILES string of the molecule is NC(c1ccccc1)C1C(=O)CCCC1=O. The Morgan fingerprint density at radius 1 is 1.06 bits per heavy atom. The molecule has 0 amide bonds. The lowest BCUT2D eigenvalue weighted by Gasteiger charge is -2.25. The zero-order chi connectivity index (χ0) is 11.5. The van der Waals surface area contributed by atoms with Crippen LogP contribution in [0.25, 0.3) is 0 Å². The van der Waals surface area contributed by atoms with E-state index < -0.39 is 12.0 Å². The van der Waals surface area contributed by atoms with E-state index in [4.69, 9.17) is 5.73 Å². The molecule has 84 valence electrons. The smallest absolute Gasteiger partial charge is 0.145 e. The fourth-order valence-corrected chi connectivity index (χ4v) is 2.20. The van der Waals surface area contributed by atoms with E-state index in [1.807, 2.05) is 30.3 Å². The first-order valence-corrected chi connectivity index (χ1v) is 5.56. The lowest BCUT2D eigenvalue weighted by atomic mass is 9.79. The number of hydrogen-bond donors (Lipinski definition) is 1. The van der Waals surface area contributed by atoms with Crippen LogP contribution in [0.4, 0.5) is 0 Å². The Hall–Kier alpha value is -1.48. The van der Waals surface area contributed by atoms with Crippen LogP contribution in [0.5, 0.6) is 0 Å². The highest BCUT2D eigenvalue weighted by molar-refractivity contribution is 6.05. The maximum atomic E-state index is 11.7. The van der Waals surface area contributed by atoms with Gasteiger partial charge in [0.2, 0.25) is 0 Å². The van der Waals surface area contributed by atoms with Crippen LogP contribution in [0.3, 0.4) is 0 Å². The summed E-state index contributed by atoms with van der Waals surface area (Å²) in [5.41, 5.74) is 6.87. The van der Waals surface area contributed by atoms with Gasteiger partial charge in [-0.05, 0) is 12.0 Å². The Bertz CT molecular complexity index is 384. The number of Topliss-reactive ketones (excluding diaryl/α,β-unsaturated/α-hetero) is 2. The monoisotopic (exact) mass is 217 g/mol. The molecular formula is C13H15NO2. The van der Waals surface area contributed by atoms with Gasteiger partial charge in [-0.1, -0.05) is 30.3 Å². The highest BCUT2D eigenvalue weighted by Gasteiger charge is 2.35. The molecule has 1 saturated carbocycles. The molecule has 0 radical (unpaired) electrons. The highest BCUT2D eigenvalue weighted by Crippen LogP contribution is 2.27. The predicted octanol–water partition coefficient (Wildman–Crippen LogP) is 1.62. The summed E-state index contributed by atoms with van der Waals surface area (Å²) in [5.74, 6) is -0.642. The minimum atomic E-state index is -0.629. The number of carbonyl (C=O) groups excluding carboxylic acids is 2. The Morgan fingerprint density at radius 2 is 1.62 bits per heavy atom. The van der Waals surface area contributed by atoms with Crippen LogP contribution in [0, 0.1) is 5.92 Å². The molecule has 0 aromatic heterocycles. The van der Waals surface area contributed by atoms with Gasteiger partial charge in [-0.3, -0.25) is 9.59 Å². The number of nitrogens with two attached hydrogens (primary N) is 1. The molecule has 1 aliphatic rings. The molecule has 3 heteroatoms. The largest absolute Gasteiger partial charge is 0.323 e. The minimum Gasteiger partial charge on any atom is -0.323 e. The molecule has 1 aliphatic carbocycles. The Kier molecular flexibility index (Phi) is 3.15. The zero-order valence-electron chi connectivity index (χ0n) is 9.06. The second-order valence-electron chi connectivity index (χ2n) is 4.20. The van der Waals surface area contributed by atoms with Crippen molar-refractivity contribution < 1.29 is 9.59 Å². The van der Waals surface area contributed by atoms with Crippen molar-refractivity contribution in [1.82, 2.24) is 0 Å². The standard InChI is InChI=1S/C13H15NO2/c14-13(9-5-2-1-3-6-9)12-10(15)7-4-8-11(12)16/h1-3,5-6,12-13H,4,7-8,14H2. The highest BCUT2D eigenvalue weighted by atomic mass is 16.2. The Balaban J connectivity index is 2.23. The quantitative estimate of drug-likeness (QED) is 0.766.